The Hall–Kier alpha value is -1.40. The van der Waals surface area contributed by atoms with Crippen LogP contribution < -0.4 is 5.73 Å². The third-order valence-electron chi connectivity index (χ3n) is 1.42. The van der Waals surface area contributed by atoms with Gasteiger partial charge in [0.2, 0.25) is 0 Å². The van der Waals surface area contributed by atoms with E-state index in [-0.39, 0.29) is 5.56 Å². The molecule has 0 fully saturated rings. The van der Waals surface area contributed by atoms with Crippen LogP contribution in [0.3, 0.4) is 0 Å². The molecular formula is C10H9F2N. The summed E-state index contributed by atoms with van der Waals surface area (Å²) >= 11 is 0. The van der Waals surface area contributed by atoms with Crippen molar-refractivity contribution in [2.45, 2.75) is 6.42 Å². The first-order chi connectivity index (χ1) is 6.24. The molecule has 0 spiro atoms. The highest BCUT2D eigenvalue weighted by molar-refractivity contribution is 5.35. The van der Waals surface area contributed by atoms with Crippen molar-refractivity contribution < 1.29 is 8.78 Å². The smallest absolute Gasteiger partial charge is 0.141 e. The van der Waals surface area contributed by atoms with Crippen LogP contribution in [0.2, 0.25) is 0 Å². The van der Waals surface area contributed by atoms with E-state index in [0.29, 0.717) is 13.0 Å². The lowest BCUT2D eigenvalue weighted by Gasteiger charge is -1.93. The fourth-order valence-corrected chi connectivity index (χ4v) is 0.821. The standard InChI is InChI=1S/C10H9F2N/c11-9-5-4-8(10(12)7-9)3-1-2-6-13/h4-5,7H,2,6,13H2. The second-order valence-corrected chi connectivity index (χ2v) is 2.46. The first kappa shape index (κ1) is 9.69. The van der Waals surface area contributed by atoms with Gasteiger partial charge in [-0.2, -0.15) is 0 Å². The molecular weight excluding hydrogens is 172 g/mol. The summed E-state index contributed by atoms with van der Waals surface area (Å²) in [6, 6.07) is 3.30. The SMILES string of the molecule is NCCC#Cc1ccc(F)cc1F. The van der Waals surface area contributed by atoms with Crippen molar-refractivity contribution in [3.8, 4) is 11.8 Å². The van der Waals surface area contributed by atoms with Gasteiger partial charge in [0.1, 0.15) is 11.6 Å². The van der Waals surface area contributed by atoms with Crippen LogP contribution in [0, 0.1) is 23.5 Å². The van der Waals surface area contributed by atoms with Crippen LogP contribution >= 0.6 is 0 Å². The van der Waals surface area contributed by atoms with Gasteiger partial charge in [0, 0.05) is 19.0 Å². The molecule has 0 aliphatic heterocycles. The average molecular weight is 181 g/mol. The van der Waals surface area contributed by atoms with E-state index in [1.165, 1.54) is 12.1 Å². The Bertz CT molecular complexity index is 350. The molecule has 0 aliphatic carbocycles. The van der Waals surface area contributed by atoms with Crippen LogP contribution in [0.4, 0.5) is 8.78 Å². The molecule has 0 radical (unpaired) electrons. The average Bonchev–Trinajstić information content (AvgIpc) is 2.09. The molecule has 68 valence electrons. The van der Waals surface area contributed by atoms with Gasteiger partial charge in [0.15, 0.2) is 0 Å². The van der Waals surface area contributed by atoms with E-state index >= 15 is 0 Å². The minimum atomic E-state index is -0.635. The van der Waals surface area contributed by atoms with Gasteiger partial charge < -0.3 is 5.73 Å². The van der Waals surface area contributed by atoms with Crippen molar-refractivity contribution in [2.24, 2.45) is 5.73 Å². The van der Waals surface area contributed by atoms with Crippen molar-refractivity contribution in [3.05, 3.63) is 35.4 Å². The van der Waals surface area contributed by atoms with Gasteiger partial charge in [-0.1, -0.05) is 11.8 Å². The van der Waals surface area contributed by atoms with Gasteiger partial charge in [-0.3, -0.25) is 0 Å². The zero-order valence-electron chi connectivity index (χ0n) is 6.98. The molecule has 0 aliphatic rings. The van der Waals surface area contributed by atoms with E-state index in [0.717, 1.165) is 6.07 Å². The largest absolute Gasteiger partial charge is 0.330 e. The maximum absolute atomic E-state index is 12.9. The van der Waals surface area contributed by atoms with Crippen LogP contribution in [0.1, 0.15) is 12.0 Å². The highest BCUT2D eigenvalue weighted by Crippen LogP contribution is 2.07. The van der Waals surface area contributed by atoms with Crippen LogP contribution in [-0.4, -0.2) is 6.54 Å². The summed E-state index contributed by atoms with van der Waals surface area (Å²) in [5.74, 6) is 4.01. The summed E-state index contributed by atoms with van der Waals surface area (Å²) < 4.78 is 25.3. The molecule has 0 saturated heterocycles. The van der Waals surface area contributed by atoms with Crippen molar-refractivity contribution >= 4 is 0 Å². The number of nitrogens with two attached hydrogens (primary N) is 1. The van der Waals surface area contributed by atoms with Crippen molar-refractivity contribution in [1.82, 2.24) is 0 Å². The summed E-state index contributed by atoms with van der Waals surface area (Å²) in [6.45, 7) is 0.440. The molecule has 0 saturated carbocycles. The molecule has 0 heterocycles. The second kappa shape index (κ2) is 4.58. The summed E-state index contributed by atoms with van der Waals surface area (Å²) in [6.07, 6.45) is 0.511. The van der Waals surface area contributed by atoms with Crippen LogP contribution in [0.25, 0.3) is 0 Å². The van der Waals surface area contributed by atoms with E-state index in [4.69, 9.17) is 5.73 Å². The Balaban J connectivity index is 2.85. The highest BCUT2D eigenvalue weighted by atomic mass is 19.1. The highest BCUT2D eigenvalue weighted by Gasteiger charge is 1.99. The molecule has 3 heteroatoms. The molecule has 1 aromatic rings. The molecule has 2 N–H and O–H groups in total. The predicted molar refractivity (Wildman–Crippen MR) is 46.9 cm³/mol. The number of halogens is 2. The third-order valence-corrected chi connectivity index (χ3v) is 1.42. The lowest BCUT2D eigenvalue weighted by molar-refractivity contribution is 0.581. The second-order valence-electron chi connectivity index (χ2n) is 2.46. The molecule has 0 bridgehead atoms. The summed E-state index contributed by atoms with van der Waals surface area (Å²) in [7, 11) is 0. The van der Waals surface area contributed by atoms with Gasteiger partial charge in [-0.05, 0) is 12.1 Å². The van der Waals surface area contributed by atoms with E-state index in [1.807, 2.05) is 0 Å². The Labute approximate surface area is 75.6 Å². The maximum atomic E-state index is 12.9. The van der Waals surface area contributed by atoms with E-state index in [2.05, 4.69) is 11.8 Å². The fourth-order valence-electron chi connectivity index (χ4n) is 0.821. The number of rotatable bonds is 1. The monoisotopic (exact) mass is 181 g/mol. The van der Waals surface area contributed by atoms with Gasteiger partial charge in [0.05, 0.1) is 5.56 Å². The lowest BCUT2D eigenvalue weighted by atomic mass is 10.2. The van der Waals surface area contributed by atoms with Gasteiger partial charge >= 0.3 is 0 Å². The minimum absolute atomic E-state index is 0.204. The molecule has 1 nitrogen and oxygen atoms in total. The molecule has 1 rings (SSSR count). The maximum Gasteiger partial charge on any atom is 0.141 e. The van der Waals surface area contributed by atoms with Crippen LogP contribution in [0.5, 0.6) is 0 Å². The number of hydrogen-bond acceptors (Lipinski definition) is 1. The van der Waals surface area contributed by atoms with Crippen LogP contribution in [0.15, 0.2) is 18.2 Å². The first-order valence-electron chi connectivity index (χ1n) is 3.88. The molecule has 0 aromatic heterocycles. The molecule has 0 unspecified atom stereocenters. The van der Waals surface area contributed by atoms with E-state index in [9.17, 15) is 8.78 Å². The summed E-state index contributed by atoms with van der Waals surface area (Å²) in [5.41, 5.74) is 5.40. The molecule has 1 aromatic carbocycles. The van der Waals surface area contributed by atoms with Crippen molar-refractivity contribution in [3.63, 3.8) is 0 Å². The molecule has 0 amide bonds. The first-order valence-corrected chi connectivity index (χ1v) is 3.88. The Morgan fingerprint density at radius 3 is 2.69 bits per heavy atom. The van der Waals surface area contributed by atoms with Gasteiger partial charge in [0.25, 0.3) is 0 Å². The summed E-state index contributed by atoms with van der Waals surface area (Å²) in [4.78, 5) is 0. The third kappa shape index (κ3) is 2.85. The zero-order chi connectivity index (χ0) is 9.68. The quantitative estimate of drug-likeness (QED) is 0.655. The Morgan fingerprint density at radius 2 is 2.08 bits per heavy atom. The zero-order valence-corrected chi connectivity index (χ0v) is 6.98. The lowest BCUT2D eigenvalue weighted by Crippen LogP contribution is -1.95. The molecule has 0 atom stereocenters. The Morgan fingerprint density at radius 1 is 1.31 bits per heavy atom. The van der Waals surface area contributed by atoms with Crippen molar-refractivity contribution in [2.75, 3.05) is 6.54 Å². The van der Waals surface area contributed by atoms with E-state index < -0.39 is 11.6 Å². The number of hydrogen-bond donors (Lipinski definition) is 1. The normalized spacial score (nSPS) is 9.15. The van der Waals surface area contributed by atoms with Gasteiger partial charge in [-0.15, -0.1) is 0 Å². The molecule has 13 heavy (non-hydrogen) atoms. The topological polar surface area (TPSA) is 26.0 Å². The van der Waals surface area contributed by atoms with Gasteiger partial charge in [-0.25, -0.2) is 8.78 Å². The Kier molecular flexibility index (Phi) is 3.41. The van der Waals surface area contributed by atoms with E-state index in [1.54, 1.807) is 0 Å². The fraction of sp³-hybridized carbons (Fsp3) is 0.200. The number of benzene rings is 1. The van der Waals surface area contributed by atoms with Crippen LogP contribution in [-0.2, 0) is 0 Å². The summed E-state index contributed by atoms with van der Waals surface area (Å²) in [5, 5.41) is 0. The predicted octanol–water partition coefficient (Wildman–Crippen LogP) is 1.67. The van der Waals surface area contributed by atoms with Crippen molar-refractivity contribution in [1.29, 1.82) is 0 Å². The minimum Gasteiger partial charge on any atom is -0.330 e.